The van der Waals surface area contributed by atoms with Crippen LogP contribution in [0, 0.1) is 0 Å². The van der Waals surface area contributed by atoms with Crippen molar-refractivity contribution in [3.8, 4) is 79.1 Å². The van der Waals surface area contributed by atoms with Crippen molar-refractivity contribution in [1.29, 1.82) is 0 Å². The van der Waals surface area contributed by atoms with Gasteiger partial charge in [0.15, 0.2) is 23.3 Å². The van der Waals surface area contributed by atoms with Gasteiger partial charge in [-0.15, -0.1) is 0 Å². The minimum atomic E-state index is -0.453. The van der Waals surface area contributed by atoms with E-state index in [9.17, 15) is 0 Å². The normalized spacial score (nSPS) is 12.9. The largest absolute Gasteiger partial charge is 0.228 e. The van der Waals surface area contributed by atoms with Crippen LogP contribution in [0.3, 0.4) is 0 Å². The Morgan fingerprint density at radius 2 is 0.746 bits per heavy atom. The van der Waals surface area contributed by atoms with Crippen LogP contribution in [0.4, 0.5) is 0 Å². The zero-order valence-corrected chi connectivity index (χ0v) is 31.8. The van der Waals surface area contributed by atoms with Gasteiger partial charge >= 0.3 is 0 Å². The molecule has 0 unspecified atom stereocenters. The van der Waals surface area contributed by atoms with E-state index in [4.69, 9.17) is 24.9 Å². The first-order valence-corrected chi connectivity index (χ1v) is 19.9. The molecule has 0 radical (unpaired) electrons. The monoisotopic (exact) mass is 751 g/mol. The number of rotatable bonds is 5. The van der Waals surface area contributed by atoms with Gasteiger partial charge in [-0.2, -0.15) is 0 Å². The molecule has 0 atom stereocenters. The number of hydrogen-bond acceptors (Lipinski definition) is 5. The van der Waals surface area contributed by atoms with Crippen LogP contribution in [0.5, 0.6) is 0 Å². The summed E-state index contributed by atoms with van der Waals surface area (Å²) in [5.41, 5.74) is 16.1. The molecule has 5 nitrogen and oxygen atoms in total. The summed E-state index contributed by atoms with van der Waals surface area (Å²) in [6.45, 7) is 0. The summed E-state index contributed by atoms with van der Waals surface area (Å²) in [6.07, 6.45) is 0. The maximum atomic E-state index is 5.50. The Balaban J connectivity index is 1.06. The van der Waals surface area contributed by atoms with Gasteiger partial charge in [0.1, 0.15) is 0 Å². The van der Waals surface area contributed by atoms with Crippen molar-refractivity contribution in [2.24, 2.45) is 0 Å². The molecule has 10 aromatic rings. The van der Waals surface area contributed by atoms with Gasteiger partial charge in [-0.1, -0.05) is 188 Å². The van der Waals surface area contributed by atoms with E-state index in [0.717, 1.165) is 44.4 Å². The molecule has 5 heteroatoms. The highest BCUT2D eigenvalue weighted by Crippen LogP contribution is 2.63. The van der Waals surface area contributed by atoms with Gasteiger partial charge < -0.3 is 0 Å². The summed E-state index contributed by atoms with van der Waals surface area (Å²) in [5, 5.41) is 0.974. The molecule has 274 valence electrons. The topological polar surface area (TPSA) is 64.5 Å². The predicted molar refractivity (Wildman–Crippen MR) is 236 cm³/mol. The Morgan fingerprint density at radius 1 is 0.288 bits per heavy atom. The Labute approximate surface area is 341 Å². The maximum Gasteiger partial charge on any atom is 0.164 e. The Morgan fingerprint density at radius 3 is 1.41 bits per heavy atom. The lowest BCUT2D eigenvalue weighted by Gasteiger charge is -2.30. The highest BCUT2D eigenvalue weighted by atomic mass is 15.0. The van der Waals surface area contributed by atoms with Crippen molar-refractivity contribution >= 4 is 10.9 Å². The highest BCUT2D eigenvalue weighted by Gasteiger charge is 2.52. The molecule has 0 bridgehead atoms. The third kappa shape index (κ3) is 5.01. The van der Waals surface area contributed by atoms with Gasteiger partial charge in [-0.25, -0.2) is 24.9 Å². The Kier molecular flexibility index (Phi) is 7.38. The molecule has 0 saturated carbocycles. The summed E-state index contributed by atoms with van der Waals surface area (Å²) < 4.78 is 0. The summed E-state index contributed by atoms with van der Waals surface area (Å²) in [4.78, 5) is 25.8. The molecule has 0 N–H and O–H groups in total. The average Bonchev–Trinajstić information content (AvgIpc) is 3.79. The van der Waals surface area contributed by atoms with Crippen LogP contribution in [0.1, 0.15) is 22.3 Å². The smallest absolute Gasteiger partial charge is 0.164 e. The molecule has 1 spiro atoms. The first-order valence-electron chi connectivity index (χ1n) is 19.9. The molecular weight excluding hydrogens is 719 g/mol. The third-order valence-electron chi connectivity index (χ3n) is 12.0. The third-order valence-corrected chi connectivity index (χ3v) is 12.0. The summed E-state index contributed by atoms with van der Waals surface area (Å²) in [5.74, 6) is 2.53. The second-order valence-electron chi connectivity index (χ2n) is 15.1. The van der Waals surface area contributed by atoms with Gasteiger partial charge in [0, 0.05) is 33.2 Å². The number of fused-ring (bicyclic) bond motifs is 11. The molecule has 0 amide bonds. The Hall–Kier alpha value is -7.89. The van der Waals surface area contributed by atoms with Gasteiger partial charge in [0.2, 0.25) is 0 Å². The zero-order chi connectivity index (χ0) is 38.9. The van der Waals surface area contributed by atoms with Crippen LogP contribution < -0.4 is 0 Å². The fourth-order valence-electron chi connectivity index (χ4n) is 9.49. The van der Waals surface area contributed by atoms with E-state index >= 15 is 0 Å². The van der Waals surface area contributed by atoms with E-state index in [-0.39, 0.29) is 0 Å². The number of hydrogen-bond donors (Lipinski definition) is 0. The highest BCUT2D eigenvalue weighted by molar-refractivity contribution is 6.01. The van der Waals surface area contributed by atoms with Crippen molar-refractivity contribution in [3.05, 3.63) is 222 Å². The number of aromatic nitrogens is 5. The van der Waals surface area contributed by atoms with Crippen LogP contribution in [0.15, 0.2) is 200 Å². The maximum absolute atomic E-state index is 5.50. The molecule has 2 aliphatic rings. The second kappa shape index (κ2) is 13.1. The summed E-state index contributed by atoms with van der Waals surface area (Å²) in [6, 6.07) is 70.2. The molecule has 0 saturated heterocycles. The molecule has 59 heavy (non-hydrogen) atoms. The lowest BCUT2D eigenvalue weighted by atomic mass is 9.70. The first kappa shape index (κ1) is 33.3. The first-order chi connectivity index (χ1) is 29.3. The Bertz CT molecular complexity index is 3180. The van der Waals surface area contributed by atoms with Gasteiger partial charge in [0.05, 0.1) is 16.6 Å². The number of nitrogens with zero attached hydrogens (tertiary/aromatic N) is 5. The van der Waals surface area contributed by atoms with Gasteiger partial charge in [-0.05, 0) is 56.6 Å². The van der Waals surface area contributed by atoms with Crippen LogP contribution in [0.25, 0.3) is 90.0 Å². The number of para-hydroxylation sites is 1. The second-order valence-corrected chi connectivity index (χ2v) is 15.1. The molecular formula is C54H33N5. The van der Waals surface area contributed by atoms with E-state index in [1.807, 2.05) is 66.7 Å². The van der Waals surface area contributed by atoms with Gasteiger partial charge in [-0.3, -0.25) is 0 Å². The minimum absolute atomic E-state index is 0.453. The van der Waals surface area contributed by atoms with Crippen molar-refractivity contribution in [2.45, 2.75) is 5.41 Å². The van der Waals surface area contributed by atoms with Crippen molar-refractivity contribution in [1.82, 2.24) is 24.9 Å². The molecule has 8 aromatic carbocycles. The summed E-state index contributed by atoms with van der Waals surface area (Å²) in [7, 11) is 0. The zero-order valence-electron chi connectivity index (χ0n) is 31.8. The average molecular weight is 752 g/mol. The molecule has 2 heterocycles. The van der Waals surface area contributed by atoms with Crippen LogP contribution in [0.2, 0.25) is 0 Å². The van der Waals surface area contributed by atoms with Crippen LogP contribution in [-0.4, -0.2) is 24.9 Å². The molecule has 2 aliphatic carbocycles. The van der Waals surface area contributed by atoms with Crippen molar-refractivity contribution < 1.29 is 0 Å². The van der Waals surface area contributed by atoms with E-state index in [1.54, 1.807) is 0 Å². The van der Waals surface area contributed by atoms with E-state index in [1.165, 1.54) is 44.5 Å². The standard InChI is InChI=1S/C54H33N5/c1-3-17-34(18-4-1)50-57-51(35-19-5-2-6-20-35)59-52(58-50)37-22-15-21-36(33-37)49-41-26-10-14-32-47(41)55-53(56-49)42-27-16-31-46-48(42)40-25-9-13-30-45(40)54(46)43-28-11-7-23-38(43)39-24-8-12-29-44(39)54/h1-33H. The quantitative estimate of drug-likeness (QED) is 0.175. The molecule has 2 aromatic heterocycles. The van der Waals surface area contributed by atoms with Crippen LogP contribution >= 0.6 is 0 Å². The van der Waals surface area contributed by atoms with Crippen molar-refractivity contribution in [3.63, 3.8) is 0 Å². The lowest BCUT2D eigenvalue weighted by Crippen LogP contribution is -2.25. The molecule has 12 rings (SSSR count). The van der Waals surface area contributed by atoms with Crippen molar-refractivity contribution in [2.75, 3.05) is 0 Å². The van der Waals surface area contributed by atoms with Gasteiger partial charge in [0.25, 0.3) is 0 Å². The SMILES string of the molecule is c1ccc(-c2nc(-c3ccccc3)nc(-c3cccc(-c4nc(-c5cccc6c5-c5ccccc5C65c6ccccc6-c6ccccc65)nc5ccccc45)c3)n2)cc1. The lowest BCUT2D eigenvalue weighted by molar-refractivity contribution is 0.794. The van der Waals surface area contributed by atoms with E-state index in [0.29, 0.717) is 23.3 Å². The molecule has 0 aliphatic heterocycles. The fourth-order valence-corrected chi connectivity index (χ4v) is 9.49. The van der Waals surface area contributed by atoms with E-state index < -0.39 is 5.41 Å². The summed E-state index contributed by atoms with van der Waals surface area (Å²) >= 11 is 0. The fraction of sp³-hybridized carbons (Fsp3) is 0.0185. The van der Waals surface area contributed by atoms with E-state index in [2.05, 4.69) is 133 Å². The molecule has 0 fully saturated rings. The number of benzene rings is 8. The predicted octanol–water partition coefficient (Wildman–Crippen LogP) is 12.5. The minimum Gasteiger partial charge on any atom is -0.228 e. The van der Waals surface area contributed by atoms with Crippen LogP contribution in [-0.2, 0) is 5.41 Å².